The molecular weight excluding hydrogens is 379 g/mol. The molecule has 1 heterocycles. The third kappa shape index (κ3) is 3.33. The molecule has 28 heavy (non-hydrogen) atoms. The van der Waals surface area contributed by atoms with Crippen LogP contribution in [0.3, 0.4) is 0 Å². The molecule has 2 aromatic carbocycles. The first-order valence-corrected chi connectivity index (χ1v) is 8.05. The van der Waals surface area contributed by atoms with Crippen LogP contribution in [0.25, 0.3) is 0 Å². The van der Waals surface area contributed by atoms with Gasteiger partial charge in [-0.15, -0.1) is 0 Å². The Bertz CT molecular complexity index is 990. The fourth-order valence-electron chi connectivity index (χ4n) is 2.84. The van der Waals surface area contributed by atoms with Crippen LogP contribution in [-0.4, -0.2) is 38.6 Å². The van der Waals surface area contributed by atoms with E-state index in [2.05, 4.69) is 5.10 Å². The van der Waals surface area contributed by atoms with E-state index in [1.54, 1.807) is 13.0 Å². The molecule has 0 spiro atoms. The van der Waals surface area contributed by atoms with E-state index in [9.17, 15) is 33.2 Å². The number of benzene rings is 2. The van der Waals surface area contributed by atoms with Crippen molar-refractivity contribution in [3.8, 4) is 0 Å². The van der Waals surface area contributed by atoms with Crippen LogP contribution < -0.4 is 0 Å². The number of carbonyl (C=O) groups is 1. The van der Waals surface area contributed by atoms with Crippen LogP contribution in [-0.2, 0) is 0 Å². The molecule has 1 atom stereocenters. The highest BCUT2D eigenvalue weighted by Gasteiger charge is 2.63. The van der Waals surface area contributed by atoms with Crippen LogP contribution in [0.4, 0.5) is 18.9 Å². The lowest BCUT2D eigenvalue weighted by Crippen LogP contribution is -2.56. The number of non-ortho nitro benzene ring substituents is 1. The van der Waals surface area contributed by atoms with Crippen molar-refractivity contribution in [2.24, 2.45) is 5.10 Å². The van der Waals surface area contributed by atoms with Crippen molar-refractivity contribution < 1.29 is 28.0 Å². The number of hydrogen-bond acceptors (Lipinski definition) is 5. The summed E-state index contributed by atoms with van der Waals surface area (Å²) in [5, 5.41) is 24.9. The number of hydrazone groups is 1. The zero-order valence-electron chi connectivity index (χ0n) is 14.5. The summed E-state index contributed by atoms with van der Waals surface area (Å²) in [6.07, 6.45) is -6.24. The molecule has 0 aliphatic carbocycles. The first-order valence-electron chi connectivity index (χ1n) is 8.05. The van der Waals surface area contributed by atoms with Crippen LogP contribution in [0.5, 0.6) is 0 Å². The molecule has 1 aliphatic rings. The summed E-state index contributed by atoms with van der Waals surface area (Å²) in [4.78, 5) is 22.9. The molecule has 0 fully saturated rings. The molecular formula is C18H14F3N3O4. The first kappa shape index (κ1) is 19.5. The van der Waals surface area contributed by atoms with E-state index in [1.807, 2.05) is 0 Å². The highest BCUT2D eigenvalue weighted by atomic mass is 19.4. The summed E-state index contributed by atoms with van der Waals surface area (Å²) in [5.41, 5.74) is -3.62. The number of nitro groups is 1. The minimum absolute atomic E-state index is 0.00403. The average molecular weight is 393 g/mol. The largest absolute Gasteiger partial charge is 0.438 e. The number of nitrogens with zero attached hydrogens (tertiary/aromatic N) is 3. The van der Waals surface area contributed by atoms with Crippen molar-refractivity contribution in [1.82, 2.24) is 5.01 Å². The Balaban J connectivity index is 2.07. The van der Waals surface area contributed by atoms with Crippen molar-refractivity contribution in [2.45, 2.75) is 25.2 Å². The number of halogens is 3. The lowest BCUT2D eigenvalue weighted by atomic mass is 10.00. The van der Waals surface area contributed by atoms with Crippen LogP contribution >= 0.6 is 0 Å². The van der Waals surface area contributed by atoms with Gasteiger partial charge < -0.3 is 5.11 Å². The number of rotatable bonds is 3. The lowest BCUT2D eigenvalue weighted by Gasteiger charge is -2.32. The van der Waals surface area contributed by atoms with Gasteiger partial charge in [0, 0.05) is 23.3 Å². The van der Waals surface area contributed by atoms with Gasteiger partial charge in [-0.2, -0.15) is 23.3 Å². The Kier molecular flexibility index (Phi) is 4.67. The molecule has 0 bridgehead atoms. The second-order valence-corrected chi connectivity index (χ2v) is 6.33. The standard InChI is InChI=1S/C18H14F3N3O4/c1-11-4-2-6-13(8-11)16(25)23-17(26,18(19,20)21)10-15(22-23)12-5-3-7-14(9-12)24(27)28/h2-9,26H,10H2,1H3. The Hall–Kier alpha value is -3.27. The lowest BCUT2D eigenvalue weighted by molar-refractivity contribution is -0.384. The molecule has 7 nitrogen and oxygen atoms in total. The van der Waals surface area contributed by atoms with E-state index in [1.165, 1.54) is 36.4 Å². The quantitative estimate of drug-likeness (QED) is 0.639. The number of hydrogen-bond donors (Lipinski definition) is 1. The van der Waals surface area contributed by atoms with E-state index in [0.717, 1.165) is 6.07 Å². The molecule has 1 unspecified atom stereocenters. The monoisotopic (exact) mass is 393 g/mol. The van der Waals surface area contributed by atoms with Crippen LogP contribution in [0.15, 0.2) is 53.6 Å². The summed E-state index contributed by atoms with van der Waals surface area (Å²) in [7, 11) is 0. The van der Waals surface area contributed by atoms with Crippen LogP contribution in [0.2, 0.25) is 0 Å². The van der Waals surface area contributed by atoms with Crippen molar-refractivity contribution in [2.75, 3.05) is 0 Å². The highest BCUT2D eigenvalue weighted by molar-refractivity contribution is 6.05. The van der Waals surface area contributed by atoms with Crippen LogP contribution in [0.1, 0.15) is 27.9 Å². The third-order valence-electron chi connectivity index (χ3n) is 4.29. The van der Waals surface area contributed by atoms with Gasteiger partial charge >= 0.3 is 6.18 Å². The molecule has 0 radical (unpaired) electrons. The van der Waals surface area contributed by atoms with Crippen molar-refractivity contribution in [3.63, 3.8) is 0 Å². The Morgan fingerprint density at radius 2 is 1.93 bits per heavy atom. The van der Waals surface area contributed by atoms with Gasteiger partial charge in [-0.25, -0.2) is 0 Å². The van der Waals surface area contributed by atoms with E-state index < -0.39 is 29.2 Å². The fourth-order valence-corrected chi connectivity index (χ4v) is 2.84. The number of amides is 1. The third-order valence-corrected chi connectivity index (χ3v) is 4.29. The van der Waals surface area contributed by atoms with Crippen molar-refractivity contribution >= 4 is 17.3 Å². The maximum Gasteiger partial charge on any atom is 0.438 e. The average Bonchev–Trinajstić information content (AvgIpc) is 3.00. The number of aryl methyl sites for hydroxylation is 1. The predicted octanol–water partition coefficient (Wildman–Crippen LogP) is 3.40. The molecule has 0 saturated heterocycles. The molecule has 0 saturated carbocycles. The SMILES string of the molecule is Cc1cccc(C(=O)N2N=C(c3cccc([N+](=O)[O-])c3)CC2(O)C(F)(F)F)c1. The van der Waals surface area contributed by atoms with Gasteiger partial charge in [-0.3, -0.25) is 14.9 Å². The Morgan fingerprint density at radius 1 is 1.25 bits per heavy atom. The molecule has 146 valence electrons. The minimum atomic E-state index is -5.20. The second-order valence-electron chi connectivity index (χ2n) is 6.33. The van der Waals surface area contributed by atoms with Gasteiger partial charge in [0.15, 0.2) is 0 Å². The van der Waals surface area contributed by atoms with Gasteiger partial charge in [0.2, 0.25) is 0 Å². The maximum absolute atomic E-state index is 13.6. The van der Waals surface area contributed by atoms with Gasteiger partial charge in [0.1, 0.15) is 0 Å². The highest BCUT2D eigenvalue weighted by Crippen LogP contribution is 2.42. The van der Waals surface area contributed by atoms with Gasteiger partial charge in [0.25, 0.3) is 17.3 Å². The molecule has 0 aromatic heterocycles. The molecule has 1 amide bonds. The molecule has 10 heteroatoms. The van der Waals surface area contributed by atoms with E-state index in [4.69, 9.17) is 0 Å². The van der Waals surface area contributed by atoms with Crippen molar-refractivity contribution in [3.05, 3.63) is 75.3 Å². The van der Waals surface area contributed by atoms with Gasteiger partial charge in [-0.05, 0) is 19.1 Å². The van der Waals surface area contributed by atoms with Gasteiger partial charge in [-0.1, -0.05) is 29.8 Å². The topological polar surface area (TPSA) is 96.0 Å². The summed E-state index contributed by atoms with van der Waals surface area (Å²) in [6.45, 7) is 1.66. The van der Waals surface area contributed by atoms with E-state index in [-0.39, 0.29) is 27.5 Å². The summed E-state index contributed by atoms with van der Waals surface area (Å²) >= 11 is 0. The summed E-state index contributed by atoms with van der Waals surface area (Å²) < 4.78 is 40.9. The number of nitro benzene ring substituents is 1. The summed E-state index contributed by atoms with van der Waals surface area (Å²) in [6, 6.07) is 10.7. The predicted molar refractivity (Wildman–Crippen MR) is 92.6 cm³/mol. The Labute approximate surface area is 156 Å². The molecule has 2 aromatic rings. The maximum atomic E-state index is 13.6. The minimum Gasteiger partial charge on any atom is -0.362 e. The number of aliphatic hydroxyl groups is 1. The zero-order chi connectivity index (χ0) is 20.7. The summed E-state index contributed by atoms with van der Waals surface area (Å²) in [5.74, 6) is -1.14. The smallest absolute Gasteiger partial charge is 0.362 e. The first-order chi connectivity index (χ1) is 13.0. The van der Waals surface area contributed by atoms with Crippen LogP contribution in [0, 0.1) is 17.0 Å². The number of carbonyl (C=O) groups excluding carboxylic acids is 1. The van der Waals surface area contributed by atoms with E-state index in [0.29, 0.717) is 5.56 Å². The normalized spacial score (nSPS) is 19.5. The second kappa shape index (κ2) is 6.71. The van der Waals surface area contributed by atoms with E-state index >= 15 is 0 Å². The van der Waals surface area contributed by atoms with Crippen molar-refractivity contribution in [1.29, 1.82) is 0 Å². The van der Waals surface area contributed by atoms with Gasteiger partial charge in [0.05, 0.1) is 17.1 Å². The zero-order valence-corrected chi connectivity index (χ0v) is 14.5. The number of alkyl halides is 3. The molecule has 1 aliphatic heterocycles. The molecule has 1 N–H and O–H groups in total. The fraction of sp³-hybridized carbons (Fsp3) is 0.222. The molecule has 3 rings (SSSR count). The Morgan fingerprint density at radius 3 is 2.54 bits per heavy atom.